The van der Waals surface area contributed by atoms with Crippen LogP contribution in [0.25, 0.3) is 21.9 Å². The molecule has 1 aliphatic rings. The molecule has 0 saturated heterocycles. The minimum Gasteiger partial charge on any atom is -0.506 e. The third-order valence-corrected chi connectivity index (χ3v) is 5.90. The third-order valence-electron chi connectivity index (χ3n) is 4.49. The second kappa shape index (κ2) is 5.46. The number of aromatic hydroxyl groups is 1. The molecule has 1 aromatic carbocycles. The molecule has 24 heavy (non-hydrogen) atoms. The number of aromatic nitrogens is 2. The van der Waals surface area contributed by atoms with Crippen LogP contribution in [-0.4, -0.2) is 14.7 Å². The molecule has 4 rings (SSSR count). The number of halogens is 1. The molecular weight excluding hydrogens is 344 g/mol. The van der Waals surface area contributed by atoms with E-state index in [0.29, 0.717) is 11.6 Å². The monoisotopic (exact) mass is 358 g/mol. The van der Waals surface area contributed by atoms with Gasteiger partial charge in [-0.15, -0.1) is 11.3 Å². The quantitative estimate of drug-likeness (QED) is 0.702. The number of nitrogens with zero attached hydrogens (tertiary/aromatic N) is 2. The molecule has 0 fully saturated rings. The van der Waals surface area contributed by atoms with Crippen molar-refractivity contribution in [2.45, 2.75) is 26.8 Å². The van der Waals surface area contributed by atoms with Crippen molar-refractivity contribution in [3.63, 3.8) is 0 Å². The number of hydrogen-bond donors (Lipinski definition) is 1. The zero-order valence-electron chi connectivity index (χ0n) is 13.3. The van der Waals surface area contributed by atoms with Crippen molar-refractivity contribution in [1.82, 2.24) is 9.55 Å². The molecule has 122 valence electrons. The number of thiophene rings is 1. The molecule has 0 saturated carbocycles. The predicted octanol–water partition coefficient (Wildman–Crippen LogP) is 4.38. The van der Waals surface area contributed by atoms with E-state index in [1.54, 1.807) is 34.1 Å². The maximum Gasteiger partial charge on any atom is 0.262 e. The number of rotatable bonds is 1. The van der Waals surface area contributed by atoms with Crippen LogP contribution in [0.5, 0.6) is 5.75 Å². The minimum absolute atomic E-state index is 0.0454. The Morgan fingerprint density at radius 1 is 1.38 bits per heavy atom. The van der Waals surface area contributed by atoms with Crippen molar-refractivity contribution in [1.29, 1.82) is 0 Å². The van der Waals surface area contributed by atoms with Gasteiger partial charge in [-0.1, -0.05) is 17.7 Å². The third kappa shape index (κ3) is 2.27. The number of phenolic OH excluding ortho intramolecular Hbond substituents is 1. The van der Waals surface area contributed by atoms with Gasteiger partial charge in [0.05, 0.1) is 10.4 Å². The molecule has 2 aromatic heterocycles. The summed E-state index contributed by atoms with van der Waals surface area (Å²) in [5.74, 6) is 0.796. The normalized spacial score (nSPS) is 15.4. The summed E-state index contributed by atoms with van der Waals surface area (Å²) in [6.07, 6.45) is 2.74. The van der Waals surface area contributed by atoms with Crippen molar-refractivity contribution in [2.24, 2.45) is 0 Å². The lowest BCUT2D eigenvalue weighted by Gasteiger charge is -2.04. The van der Waals surface area contributed by atoms with Gasteiger partial charge in [0.2, 0.25) is 0 Å². The first-order chi connectivity index (χ1) is 11.5. The topological polar surface area (TPSA) is 55.1 Å². The molecule has 1 N–H and O–H groups in total. The lowest BCUT2D eigenvalue weighted by molar-refractivity contribution is 0.475. The molecule has 4 nitrogen and oxygen atoms in total. The molecular formula is C18H15ClN2O2S. The SMILES string of the molecule is Cc1sc2nc3n(c(=O)c2c1C)CCC3=Cc1ccc(O)c(Cl)c1. The van der Waals surface area contributed by atoms with Crippen LogP contribution in [0.15, 0.2) is 23.0 Å². The first-order valence-electron chi connectivity index (χ1n) is 7.65. The van der Waals surface area contributed by atoms with Gasteiger partial charge < -0.3 is 5.11 Å². The molecule has 0 atom stereocenters. The summed E-state index contributed by atoms with van der Waals surface area (Å²) in [4.78, 5) is 19.5. The van der Waals surface area contributed by atoms with Crippen LogP contribution >= 0.6 is 22.9 Å². The second-order valence-electron chi connectivity index (χ2n) is 5.99. The number of hydrogen-bond acceptors (Lipinski definition) is 4. The molecule has 0 aliphatic carbocycles. The Balaban J connectivity index is 1.90. The van der Waals surface area contributed by atoms with Gasteiger partial charge in [-0.2, -0.15) is 0 Å². The summed E-state index contributed by atoms with van der Waals surface area (Å²) in [5, 5.41) is 10.6. The Kier molecular flexibility index (Phi) is 3.51. The van der Waals surface area contributed by atoms with Crippen molar-refractivity contribution in [2.75, 3.05) is 0 Å². The number of allylic oxidation sites excluding steroid dienone is 1. The van der Waals surface area contributed by atoms with Crippen LogP contribution in [0.3, 0.4) is 0 Å². The number of benzene rings is 1. The molecule has 0 bridgehead atoms. The second-order valence-corrected chi connectivity index (χ2v) is 7.60. The van der Waals surface area contributed by atoms with Crippen LogP contribution in [-0.2, 0) is 6.54 Å². The summed E-state index contributed by atoms with van der Waals surface area (Å²) in [6, 6.07) is 5.08. The lowest BCUT2D eigenvalue weighted by Crippen LogP contribution is -2.20. The van der Waals surface area contributed by atoms with Gasteiger partial charge in [0.15, 0.2) is 0 Å². The van der Waals surface area contributed by atoms with Gasteiger partial charge in [0, 0.05) is 11.4 Å². The average molecular weight is 359 g/mol. The van der Waals surface area contributed by atoms with Gasteiger partial charge >= 0.3 is 0 Å². The predicted molar refractivity (Wildman–Crippen MR) is 99.0 cm³/mol. The fourth-order valence-corrected chi connectivity index (χ4v) is 4.28. The zero-order valence-corrected chi connectivity index (χ0v) is 14.8. The Morgan fingerprint density at radius 2 is 2.17 bits per heavy atom. The molecule has 3 heterocycles. The van der Waals surface area contributed by atoms with Crippen LogP contribution in [0.4, 0.5) is 0 Å². The minimum atomic E-state index is 0.0454. The summed E-state index contributed by atoms with van der Waals surface area (Å²) in [5.41, 5.74) is 2.98. The number of fused-ring (bicyclic) bond motifs is 2. The highest BCUT2D eigenvalue weighted by atomic mass is 35.5. The van der Waals surface area contributed by atoms with Crippen LogP contribution in [0.1, 0.15) is 28.2 Å². The summed E-state index contributed by atoms with van der Waals surface area (Å²) in [6.45, 7) is 4.64. The van der Waals surface area contributed by atoms with Crippen LogP contribution in [0, 0.1) is 13.8 Å². The van der Waals surface area contributed by atoms with Crippen LogP contribution in [0.2, 0.25) is 5.02 Å². The highest BCUT2D eigenvalue weighted by molar-refractivity contribution is 7.18. The first-order valence-corrected chi connectivity index (χ1v) is 8.85. The van der Waals surface area contributed by atoms with E-state index in [1.807, 2.05) is 19.9 Å². The summed E-state index contributed by atoms with van der Waals surface area (Å²) >= 11 is 7.54. The molecule has 6 heteroatoms. The largest absolute Gasteiger partial charge is 0.506 e. The smallest absolute Gasteiger partial charge is 0.262 e. The van der Waals surface area contributed by atoms with Gasteiger partial charge in [-0.05, 0) is 55.2 Å². The van der Waals surface area contributed by atoms with E-state index in [0.717, 1.165) is 44.0 Å². The van der Waals surface area contributed by atoms with Crippen LogP contribution < -0.4 is 5.56 Å². The molecule has 1 aliphatic heterocycles. The van der Waals surface area contributed by atoms with E-state index in [-0.39, 0.29) is 11.3 Å². The Hall–Kier alpha value is -2.11. The maximum atomic E-state index is 12.8. The first kappa shape index (κ1) is 15.4. The van der Waals surface area contributed by atoms with Crippen molar-refractivity contribution < 1.29 is 5.11 Å². The standard InChI is InChI=1S/C18H15ClN2O2S/c1-9-10(2)24-17-15(9)18(23)21-6-5-12(16(21)20-17)7-11-3-4-14(22)13(19)8-11/h3-4,7-8,22H,5-6H2,1-2H3. The zero-order chi connectivity index (χ0) is 17.0. The Bertz CT molecular complexity index is 1080. The summed E-state index contributed by atoms with van der Waals surface area (Å²) in [7, 11) is 0. The molecule has 3 aromatic rings. The van der Waals surface area contributed by atoms with Gasteiger partial charge in [-0.25, -0.2) is 4.98 Å². The van der Waals surface area contributed by atoms with E-state index in [4.69, 9.17) is 16.6 Å². The Morgan fingerprint density at radius 3 is 2.92 bits per heavy atom. The van der Waals surface area contributed by atoms with Crippen molar-refractivity contribution >= 4 is 44.8 Å². The highest BCUT2D eigenvalue weighted by Gasteiger charge is 2.23. The number of aryl methyl sites for hydroxylation is 2. The van der Waals surface area contributed by atoms with Crippen molar-refractivity contribution in [3.8, 4) is 5.75 Å². The van der Waals surface area contributed by atoms with E-state index in [1.165, 1.54) is 0 Å². The molecule has 0 spiro atoms. The molecule has 0 unspecified atom stereocenters. The molecule has 0 amide bonds. The van der Waals surface area contributed by atoms with E-state index in [2.05, 4.69) is 0 Å². The van der Waals surface area contributed by atoms with E-state index < -0.39 is 0 Å². The molecule has 0 radical (unpaired) electrons. The lowest BCUT2D eigenvalue weighted by atomic mass is 10.1. The summed E-state index contributed by atoms with van der Waals surface area (Å²) < 4.78 is 1.76. The fourth-order valence-electron chi connectivity index (χ4n) is 3.07. The van der Waals surface area contributed by atoms with E-state index in [9.17, 15) is 9.90 Å². The number of phenols is 1. The van der Waals surface area contributed by atoms with Gasteiger partial charge in [-0.3, -0.25) is 9.36 Å². The van der Waals surface area contributed by atoms with Gasteiger partial charge in [0.25, 0.3) is 5.56 Å². The van der Waals surface area contributed by atoms with Gasteiger partial charge in [0.1, 0.15) is 16.4 Å². The fraction of sp³-hybridized carbons (Fsp3) is 0.222. The Labute approximate surface area is 147 Å². The maximum absolute atomic E-state index is 12.8. The average Bonchev–Trinajstić information content (AvgIpc) is 3.06. The van der Waals surface area contributed by atoms with Crippen molar-refractivity contribution in [3.05, 3.63) is 55.4 Å². The highest BCUT2D eigenvalue weighted by Crippen LogP contribution is 2.33. The van der Waals surface area contributed by atoms with E-state index >= 15 is 0 Å².